The van der Waals surface area contributed by atoms with E-state index in [9.17, 15) is 9.18 Å². The molecule has 110 valence electrons. The second kappa shape index (κ2) is 7.53. The van der Waals surface area contributed by atoms with E-state index in [1.807, 2.05) is 11.8 Å². The lowest BCUT2D eigenvalue weighted by molar-refractivity contribution is -0.115. The molecule has 1 aliphatic carbocycles. The van der Waals surface area contributed by atoms with Crippen molar-refractivity contribution >= 4 is 29.0 Å². The lowest BCUT2D eigenvalue weighted by atomic mass is 10.1. The quantitative estimate of drug-likeness (QED) is 0.622. The first kappa shape index (κ1) is 15.2. The standard InChI is InChI=1S/C15H21FN2OS/c16-13-6-5-12(17)9-14(13)18-15(19)7-8-20-10-11-3-1-2-4-11/h5-6,9,11H,1-4,7-8,10,17H2,(H,18,19). The fourth-order valence-electron chi connectivity index (χ4n) is 2.44. The molecule has 0 atom stereocenters. The summed E-state index contributed by atoms with van der Waals surface area (Å²) in [6, 6.07) is 4.18. The van der Waals surface area contributed by atoms with Crippen LogP contribution >= 0.6 is 11.8 Å². The molecule has 0 aliphatic heterocycles. The predicted molar refractivity (Wildman–Crippen MR) is 83.3 cm³/mol. The Morgan fingerprint density at radius 2 is 2.15 bits per heavy atom. The van der Waals surface area contributed by atoms with Gasteiger partial charge in [-0.15, -0.1) is 0 Å². The van der Waals surface area contributed by atoms with Gasteiger partial charge in [0, 0.05) is 17.9 Å². The van der Waals surface area contributed by atoms with Crippen LogP contribution in [0.25, 0.3) is 0 Å². The molecule has 1 saturated carbocycles. The minimum atomic E-state index is -0.453. The summed E-state index contributed by atoms with van der Waals surface area (Å²) < 4.78 is 13.4. The Labute approximate surface area is 123 Å². The number of thioether (sulfide) groups is 1. The second-order valence-electron chi connectivity index (χ2n) is 5.26. The number of rotatable bonds is 6. The van der Waals surface area contributed by atoms with Crippen LogP contribution in [0.3, 0.4) is 0 Å². The molecular weight excluding hydrogens is 275 g/mol. The molecule has 0 spiro atoms. The van der Waals surface area contributed by atoms with Gasteiger partial charge >= 0.3 is 0 Å². The third-order valence-electron chi connectivity index (χ3n) is 3.57. The average molecular weight is 296 g/mol. The van der Waals surface area contributed by atoms with Crippen molar-refractivity contribution in [3.8, 4) is 0 Å². The van der Waals surface area contributed by atoms with Crippen molar-refractivity contribution in [1.82, 2.24) is 0 Å². The van der Waals surface area contributed by atoms with E-state index in [1.54, 1.807) is 0 Å². The molecule has 20 heavy (non-hydrogen) atoms. The van der Waals surface area contributed by atoms with Gasteiger partial charge in [-0.1, -0.05) is 12.8 Å². The lowest BCUT2D eigenvalue weighted by Gasteiger charge is -2.09. The summed E-state index contributed by atoms with van der Waals surface area (Å²) in [6.45, 7) is 0. The first-order chi connectivity index (χ1) is 9.65. The van der Waals surface area contributed by atoms with Crippen LogP contribution in [0.4, 0.5) is 15.8 Å². The van der Waals surface area contributed by atoms with Crippen molar-refractivity contribution in [2.45, 2.75) is 32.1 Å². The first-order valence-electron chi connectivity index (χ1n) is 7.08. The Morgan fingerprint density at radius 3 is 2.90 bits per heavy atom. The molecule has 1 aliphatic rings. The normalized spacial score (nSPS) is 15.4. The molecule has 1 aromatic rings. The van der Waals surface area contributed by atoms with Crippen LogP contribution in [0.5, 0.6) is 0 Å². The van der Waals surface area contributed by atoms with Crippen LogP contribution in [-0.2, 0) is 4.79 Å². The summed E-state index contributed by atoms with van der Waals surface area (Å²) in [5.74, 6) is 2.14. The van der Waals surface area contributed by atoms with Gasteiger partial charge < -0.3 is 11.1 Å². The zero-order valence-electron chi connectivity index (χ0n) is 11.5. The van der Waals surface area contributed by atoms with Crippen molar-refractivity contribution in [3.63, 3.8) is 0 Å². The maximum absolute atomic E-state index is 13.4. The Balaban J connectivity index is 1.68. The second-order valence-corrected chi connectivity index (χ2v) is 6.41. The molecule has 1 fully saturated rings. The Hall–Kier alpha value is -1.23. The smallest absolute Gasteiger partial charge is 0.225 e. The summed E-state index contributed by atoms with van der Waals surface area (Å²) in [4.78, 5) is 11.7. The summed E-state index contributed by atoms with van der Waals surface area (Å²) in [6.07, 6.45) is 5.76. The van der Waals surface area contributed by atoms with Gasteiger partial charge in [-0.3, -0.25) is 4.79 Å². The average Bonchev–Trinajstić information content (AvgIpc) is 2.92. The molecule has 0 unspecified atom stereocenters. The fraction of sp³-hybridized carbons (Fsp3) is 0.533. The number of halogens is 1. The predicted octanol–water partition coefficient (Wildman–Crippen LogP) is 3.66. The van der Waals surface area contributed by atoms with E-state index in [1.165, 1.54) is 43.9 Å². The van der Waals surface area contributed by atoms with Crippen LogP contribution in [-0.4, -0.2) is 17.4 Å². The van der Waals surface area contributed by atoms with E-state index in [4.69, 9.17) is 5.73 Å². The molecule has 0 aromatic heterocycles. The summed E-state index contributed by atoms with van der Waals surface area (Å²) >= 11 is 1.82. The number of carbonyl (C=O) groups excluding carboxylic acids is 1. The Morgan fingerprint density at radius 1 is 1.40 bits per heavy atom. The zero-order valence-corrected chi connectivity index (χ0v) is 12.3. The van der Waals surface area contributed by atoms with Gasteiger partial charge in [0.2, 0.25) is 5.91 Å². The van der Waals surface area contributed by atoms with E-state index >= 15 is 0 Å². The number of amides is 1. The number of nitrogen functional groups attached to an aromatic ring is 1. The lowest BCUT2D eigenvalue weighted by Crippen LogP contribution is -2.14. The van der Waals surface area contributed by atoms with Gasteiger partial charge in [0.1, 0.15) is 5.82 Å². The molecule has 3 N–H and O–H groups in total. The molecule has 5 heteroatoms. The highest BCUT2D eigenvalue weighted by Gasteiger charge is 2.15. The number of hydrogen-bond donors (Lipinski definition) is 2. The Bertz CT molecular complexity index is 461. The molecule has 0 saturated heterocycles. The van der Waals surface area contributed by atoms with Crippen LogP contribution in [0.15, 0.2) is 18.2 Å². The monoisotopic (exact) mass is 296 g/mol. The SMILES string of the molecule is Nc1ccc(F)c(NC(=O)CCSCC2CCCC2)c1. The maximum Gasteiger partial charge on any atom is 0.225 e. The number of nitrogens with one attached hydrogen (secondary N) is 1. The van der Waals surface area contributed by atoms with E-state index in [2.05, 4.69) is 5.32 Å². The van der Waals surface area contributed by atoms with Crippen LogP contribution in [0.1, 0.15) is 32.1 Å². The van der Waals surface area contributed by atoms with Gasteiger partial charge in [-0.2, -0.15) is 11.8 Å². The van der Waals surface area contributed by atoms with Gasteiger partial charge in [-0.05, 0) is 42.7 Å². The van der Waals surface area contributed by atoms with E-state index in [0.29, 0.717) is 12.1 Å². The van der Waals surface area contributed by atoms with E-state index in [-0.39, 0.29) is 11.6 Å². The van der Waals surface area contributed by atoms with E-state index < -0.39 is 5.82 Å². The van der Waals surface area contributed by atoms with Gasteiger partial charge in [-0.25, -0.2) is 4.39 Å². The number of benzene rings is 1. The Kier molecular flexibility index (Phi) is 5.71. The van der Waals surface area contributed by atoms with Crippen LogP contribution in [0, 0.1) is 11.7 Å². The third-order valence-corrected chi connectivity index (χ3v) is 4.77. The summed E-state index contributed by atoms with van der Waals surface area (Å²) in [5, 5.41) is 2.57. The maximum atomic E-state index is 13.4. The number of nitrogens with two attached hydrogens (primary N) is 1. The van der Waals surface area contributed by atoms with Crippen molar-refractivity contribution in [1.29, 1.82) is 0 Å². The molecule has 0 radical (unpaired) electrons. The van der Waals surface area contributed by atoms with Crippen molar-refractivity contribution < 1.29 is 9.18 Å². The highest BCUT2D eigenvalue weighted by molar-refractivity contribution is 7.99. The number of hydrogen-bond acceptors (Lipinski definition) is 3. The van der Waals surface area contributed by atoms with Crippen LogP contribution < -0.4 is 11.1 Å². The minimum absolute atomic E-state index is 0.159. The zero-order chi connectivity index (χ0) is 14.4. The molecule has 1 aromatic carbocycles. The largest absolute Gasteiger partial charge is 0.399 e. The van der Waals surface area contributed by atoms with Crippen LogP contribution in [0.2, 0.25) is 0 Å². The third kappa shape index (κ3) is 4.71. The van der Waals surface area contributed by atoms with Gasteiger partial charge in [0.15, 0.2) is 0 Å². The summed E-state index contributed by atoms with van der Waals surface area (Å²) in [7, 11) is 0. The molecule has 1 amide bonds. The first-order valence-corrected chi connectivity index (χ1v) is 8.23. The van der Waals surface area contributed by atoms with Gasteiger partial charge in [0.25, 0.3) is 0 Å². The molecule has 0 heterocycles. The molecular formula is C15H21FN2OS. The highest BCUT2D eigenvalue weighted by Crippen LogP contribution is 2.28. The van der Waals surface area contributed by atoms with E-state index in [0.717, 1.165) is 17.4 Å². The number of anilines is 2. The van der Waals surface area contributed by atoms with Gasteiger partial charge in [0.05, 0.1) is 5.69 Å². The topological polar surface area (TPSA) is 55.1 Å². The highest BCUT2D eigenvalue weighted by atomic mass is 32.2. The van der Waals surface area contributed by atoms with Crippen molar-refractivity contribution in [3.05, 3.63) is 24.0 Å². The molecule has 0 bridgehead atoms. The van der Waals surface area contributed by atoms with Crippen molar-refractivity contribution in [2.24, 2.45) is 5.92 Å². The fourth-order valence-corrected chi connectivity index (χ4v) is 3.61. The minimum Gasteiger partial charge on any atom is -0.399 e. The molecule has 3 nitrogen and oxygen atoms in total. The molecule has 2 rings (SSSR count). The summed E-state index contributed by atoms with van der Waals surface area (Å²) in [5.41, 5.74) is 6.18. The number of carbonyl (C=O) groups is 1. The van der Waals surface area contributed by atoms with Crippen molar-refractivity contribution in [2.75, 3.05) is 22.6 Å².